The molecule has 230 valence electrons. The van der Waals surface area contributed by atoms with Gasteiger partial charge in [0.25, 0.3) is 0 Å². The Labute approximate surface area is 258 Å². The van der Waals surface area contributed by atoms with Crippen molar-refractivity contribution in [1.82, 2.24) is 19.8 Å². The Morgan fingerprint density at radius 2 is 1.61 bits per heavy atom. The summed E-state index contributed by atoms with van der Waals surface area (Å²) in [6.45, 7) is 7.56. The average Bonchev–Trinajstić information content (AvgIpc) is 3.83. The third-order valence-corrected chi connectivity index (χ3v) is 8.15. The molecule has 0 spiro atoms. The predicted molar refractivity (Wildman–Crippen MR) is 168 cm³/mol. The number of carbonyl (C=O) groups excluding carboxylic acids is 3. The highest BCUT2D eigenvalue weighted by molar-refractivity contribution is 5.92. The van der Waals surface area contributed by atoms with Crippen molar-refractivity contribution in [3.63, 3.8) is 0 Å². The summed E-state index contributed by atoms with van der Waals surface area (Å²) in [4.78, 5) is 49.9. The molecule has 1 saturated carbocycles. The molecule has 1 aliphatic carbocycles. The Hall–Kier alpha value is -4.53. The summed E-state index contributed by atoms with van der Waals surface area (Å²) in [6.07, 6.45) is 10.7. The minimum Gasteiger partial charge on any atom is -0.465 e. The highest BCUT2D eigenvalue weighted by Crippen LogP contribution is 2.46. The summed E-state index contributed by atoms with van der Waals surface area (Å²) in [5.41, 5.74) is 3.95. The van der Waals surface area contributed by atoms with Gasteiger partial charge in [-0.2, -0.15) is 0 Å². The Balaban J connectivity index is 1.17. The van der Waals surface area contributed by atoms with Crippen LogP contribution in [0.25, 0.3) is 17.2 Å². The van der Waals surface area contributed by atoms with E-state index in [1.807, 2.05) is 30.6 Å². The van der Waals surface area contributed by atoms with Crippen LogP contribution >= 0.6 is 0 Å². The van der Waals surface area contributed by atoms with Crippen LogP contribution in [0.15, 0.2) is 73.3 Å². The van der Waals surface area contributed by atoms with Gasteiger partial charge in [0, 0.05) is 55.6 Å². The smallest absolute Gasteiger partial charge is 0.410 e. The van der Waals surface area contributed by atoms with Crippen molar-refractivity contribution >= 4 is 24.0 Å². The third kappa shape index (κ3) is 7.89. The van der Waals surface area contributed by atoms with E-state index in [1.54, 1.807) is 48.8 Å². The van der Waals surface area contributed by atoms with Gasteiger partial charge < -0.3 is 19.3 Å². The molecule has 1 aliphatic heterocycles. The molecule has 5 rings (SSSR count). The molecule has 2 heterocycles. The van der Waals surface area contributed by atoms with Gasteiger partial charge in [0.1, 0.15) is 11.9 Å². The van der Waals surface area contributed by atoms with Gasteiger partial charge in [-0.05, 0) is 80.9 Å². The van der Waals surface area contributed by atoms with E-state index in [4.69, 9.17) is 9.47 Å². The maximum Gasteiger partial charge on any atom is 0.410 e. The van der Waals surface area contributed by atoms with Gasteiger partial charge in [-0.3, -0.25) is 4.79 Å². The molecule has 2 unspecified atom stereocenters. The van der Waals surface area contributed by atoms with E-state index in [-0.39, 0.29) is 29.9 Å². The fraction of sp³-hybridized carbons (Fsp3) is 0.400. The van der Waals surface area contributed by atoms with Crippen LogP contribution in [0.3, 0.4) is 0 Å². The summed E-state index contributed by atoms with van der Waals surface area (Å²) < 4.78 is 10.6. The van der Waals surface area contributed by atoms with E-state index < -0.39 is 11.6 Å². The SMILES string of the molecule is COC(=O)c1ccc(/C=C/C(=O)N2CCC(CN(C(=O)OC(C)(C)C)C3CC3c3ccc(-c4cncnc4)cc3)CC2)cc1. The first-order valence-electron chi connectivity index (χ1n) is 15.1. The van der Waals surface area contributed by atoms with Crippen LogP contribution in [0.2, 0.25) is 0 Å². The summed E-state index contributed by atoms with van der Waals surface area (Å²) in [5, 5.41) is 0. The largest absolute Gasteiger partial charge is 0.465 e. The number of amides is 2. The van der Waals surface area contributed by atoms with E-state index in [0.29, 0.717) is 25.2 Å². The van der Waals surface area contributed by atoms with Gasteiger partial charge in [-0.25, -0.2) is 19.6 Å². The lowest BCUT2D eigenvalue weighted by atomic mass is 9.96. The molecule has 2 atom stereocenters. The van der Waals surface area contributed by atoms with Crippen molar-refractivity contribution in [3.05, 3.63) is 90.0 Å². The van der Waals surface area contributed by atoms with Gasteiger partial charge in [-0.15, -0.1) is 0 Å². The second-order valence-electron chi connectivity index (χ2n) is 12.5. The van der Waals surface area contributed by atoms with Crippen LogP contribution in [-0.2, 0) is 14.3 Å². The Kier molecular flexibility index (Phi) is 9.42. The number of likely N-dealkylation sites (tertiary alicyclic amines) is 1. The maximum absolute atomic E-state index is 13.4. The molecule has 9 nitrogen and oxygen atoms in total. The van der Waals surface area contributed by atoms with E-state index in [0.717, 1.165) is 36.0 Å². The number of rotatable bonds is 8. The lowest BCUT2D eigenvalue weighted by Crippen LogP contribution is -2.45. The summed E-state index contributed by atoms with van der Waals surface area (Å²) >= 11 is 0. The zero-order chi connectivity index (χ0) is 31.3. The number of esters is 1. The molecule has 44 heavy (non-hydrogen) atoms. The number of aromatic nitrogens is 2. The topological polar surface area (TPSA) is 102 Å². The number of methoxy groups -OCH3 is 1. The molecule has 1 aromatic heterocycles. The molecular formula is C35H40N4O5. The second kappa shape index (κ2) is 13.4. The van der Waals surface area contributed by atoms with Crippen LogP contribution in [0.1, 0.15) is 67.4 Å². The molecule has 2 aromatic carbocycles. The summed E-state index contributed by atoms with van der Waals surface area (Å²) in [5.74, 6) is 0.104. The molecule has 2 fully saturated rings. The van der Waals surface area contributed by atoms with Crippen molar-refractivity contribution in [3.8, 4) is 11.1 Å². The van der Waals surface area contributed by atoms with Gasteiger partial charge in [-0.1, -0.05) is 36.4 Å². The van der Waals surface area contributed by atoms with Crippen molar-refractivity contribution < 1.29 is 23.9 Å². The first kappa shape index (κ1) is 30.9. The van der Waals surface area contributed by atoms with Crippen LogP contribution < -0.4 is 0 Å². The number of nitrogens with zero attached hydrogens (tertiary/aromatic N) is 4. The van der Waals surface area contributed by atoms with Crippen LogP contribution in [0, 0.1) is 5.92 Å². The van der Waals surface area contributed by atoms with Gasteiger partial charge in [0.05, 0.1) is 12.7 Å². The lowest BCUT2D eigenvalue weighted by Gasteiger charge is -2.35. The standard InChI is InChI=1S/C35H40N4O5/c1-35(2,3)44-34(42)39(31-19-30(31)27-12-10-26(11-13-27)29-20-36-23-37-21-29)22-25-15-17-38(18-16-25)32(40)14-7-24-5-8-28(9-6-24)33(41)43-4/h5-14,20-21,23,25,30-31H,15-19,22H2,1-4H3/b14-7+. The molecule has 1 saturated heterocycles. The maximum atomic E-state index is 13.4. The third-order valence-electron chi connectivity index (χ3n) is 8.15. The zero-order valence-electron chi connectivity index (χ0n) is 25.8. The van der Waals surface area contributed by atoms with E-state index in [9.17, 15) is 14.4 Å². The first-order chi connectivity index (χ1) is 21.1. The Morgan fingerprint density at radius 3 is 2.23 bits per heavy atom. The highest BCUT2D eigenvalue weighted by Gasteiger charge is 2.46. The predicted octanol–water partition coefficient (Wildman–Crippen LogP) is 5.98. The minimum absolute atomic E-state index is 0.0442. The van der Waals surface area contributed by atoms with E-state index in [1.165, 1.54) is 19.0 Å². The molecule has 2 aliphatic rings. The van der Waals surface area contributed by atoms with Gasteiger partial charge in [0.15, 0.2) is 0 Å². The molecule has 0 radical (unpaired) electrons. The molecule has 0 N–H and O–H groups in total. The van der Waals surface area contributed by atoms with E-state index >= 15 is 0 Å². The number of hydrogen-bond acceptors (Lipinski definition) is 7. The van der Waals surface area contributed by atoms with Crippen LogP contribution in [-0.4, -0.2) is 76.1 Å². The monoisotopic (exact) mass is 596 g/mol. The second-order valence-corrected chi connectivity index (χ2v) is 12.5. The normalized spacial score (nSPS) is 18.6. The minimum atomic E-state index is -0.582. The number of ether oxygens (including phenoxy) is 2. The first-order valence-corrected chi connectivity index (χ1v) is 15.1. The van der Waals surface area contributed by atoms with Crippen LogP contribution in [0.4, 0.5) is 4.79 Å². The molecule has 0 bridgehead atoms. The van der Waals surface area contributed by atoms with Gasteiger partial charge >= 0.3 is 12.1 Å². The fourth-order valence-corrected chi connectivity index (χ4v) is 5.66. The number of piperidine rings is 1. The average molecular weight is 597 g/mol. The van der Waals surface area contributed by atoms with Crippen LogP contribution in [0.5, 0.6) is 0 Å². The quantitative estimate of drug-likeness (QED) is 0.233. The molecule has 9 heteroatoms. The van der Waals surface area contributed by atoms with E-state index in [2.05, 4.69) is 34.2 Å². The van der Waals surface area contributed by atoms with Crippen molar-refractivity contribution in [2.24, 2.45) is 5.92 Å². The van der Waals surface area contributed by atoms with Crippen molar-refractivity contribution in [2.75, 3.05) is 26.7 Å². The van der Waals surface area contributed by atoms with Gasteiger partial charge in [0.2, 0.25) is 5.91 Å². The molecule has 2 amide bonds. The summed E-state index contributed by atoms with van der Waals surface area (Å²) in [7, 11) is 1.35. The van der Waals surface area contributed by atoms with Crippen molar-refractivity contribution in [2.45, 2.75) is 57.6 Å². The Morgan fingerprint density at radius 1 is 0.955 bits per heavy atom. The number of carbonyl (C=O) groups is 3. The fourth-order valence-electron chi connectivity index (χ4n) is 5.66. The number of benzene rings is 2. The summed E-state index contributed by atoms with van der Waals surface area (Å²) in [6, 6.07) is 15.4. The lowest BCUT2D eigenvalue weighted by molar-refractivity contribution is -0.127. The molecular weight excluding hydrogens is 556 g/mol. The highest BCUT2D eigenvalue weighted by atomic mass is 16.6. The Bertz CT molecular complexity index is 1470. The molecule has 3 aromatic rings. The number of hydrogen-bond donors (Lipinski definition) is 0. The van der Waals surface area contributed by atoms with Crippen molar-refractivity contribution in [1.29, 1.82) is 0 Å². The zero-order valence-corrected chi connectivity index (χ0v) is 25.8.